The molecule has 2 heterocycles. The molecule has 25 heavy (non-hydrogen) atoms. The number of hydrogen-bond acceptors (Lipinski definition) is 9. The molecule has 0 unspecified atom stereocenters. The SMILES string of the molecule is O.O=P([O-])([O-])OP(=O)([O-])[O-].[Ni+2].c1cnc2c(c1)ccc1cccnc12. The van der Waals surface area contributed by atoms with E-state index in [-0.39, 0.29) is 22.0 Å². The van der Waals surface area contributed by atoms with Crippen LogP contribution in [-0.4, -0.2) is 15.4 Å². The molecule has 0 spiro atoms. The summed E-state index contributed by atoms with van der Waals surface area (Å²) < 4.78 is 21.2. The Kier molecular flexibility index (Phi) is 8.98. The largest absolute Gasteiger partial charge is 2.00 e. The van der Waals surface area contributed by atoms with Gasteiger partial charge in [-0.1, -0.05) is 24.3 Å². The first-order valence-corrected chi connectivity index (χ1v) is 8.92. The molecular weight excluding hydrogens is 421 g/mol. The summed E-state index contributed by atoms with van der Waals surface area (Å²) in [7, 11) is -11.4. The minimum Gasteiger partial charge on any atom is -0.790 e. The molecule has 10 nitrogen and oxygen atoms in total. The van der Waals surface area contributed by atoms with E-state index < -0.39 is 15.6 Å². The first-order chi connectivity index (χ1) is 10.7. The summed E-state index contributed by atoms with van der Waals surface area (Å²) >= 11 is 0. The van der Waals surface area contributed by atoms with Crippen molar-refractivity contribution in [2.45, 2.75) is 0 Å². The fourth-order valence-corrected chi connectivity index (χ4v) is 2.78. The standard InChI is InChI=1S/C12H8N2.Ni.H4O7P2.H2O/c1-3-9-5-6-10-4-2-8-14-12(10)11(9)13-7-1;;1-8(2,3)7-9(4,5)6;/h1-8H;;(H2,1,2,3)(H2,4,5,6);1H2/q;+2;;/p-4. The minimum atomic E-state index is -5.68. The predicted octanol–water partition coefficient (Wildman–Crippen LogP) is -1.38. The van der Waals surface area contributed by atoms with Crippen molar-refractivity contribution in [3.05, 3.63) is 48.8 Å². The maximum Gasteiger partial charge on any atom is 2.00 e. The van der Waals surface area contributed by atoms with Crippen molar-refractivity contribution in [1.29, 1.82) is 0 Å². The Hall–Kier alpha value is -1.25. The van der Waals surface area contributed by atoms with Crippen LogP contribution < -0.4 is 19.6 Å². The second-order valence-electron chi connectivity index (χ2n) is 4.19. The van der Waals surface area contributed by atoms with Crippen LogP contribution in [0.15, 0.2) is 48.8 Å². The third kappa shape index (κ3) is 7.67. The van der Waals surface area contributed by atoms with E-state index >= 15 is 0 Å². The van der Waals surface area contributed by atoms with Gasteiger partial charge in [0.2, 0.25) is 0 Å². The zero-order valence-corrected chi connectivity index (χ0v) is 14.9. The van der Waals surface area contributed by atoms with Gasteiger partial charge < -0.3 is 38.5 Å². The average Bonchev–Trinajstić information content (AvgIpc) is 2.44. The number of phosphoric acid groups is 2. The van der Waals surface area contributed by atoms with Gasteiger partial charge in [0.1, 0.15) is 0 Å². The molecule has 0 saturated heterocycles. The molecule has 2 aromatic heterocycles. The number of fused-ring (bicyclic) bond motifs is 3. The summed E-state index contributed by atoms with van der Waals surface area (Å²) in [4.78, 5) is 46.0. The van der Waals surface area contributed by atoms with E-state index in [2.05, 4.69) is 38.5 Å². The van der Waals surface area contributed by atoms with Crippen molar-refractivity contribution in [1.82, 2.24) is 9.97 Å². The van der Waals surface area contributed by atoms with Gasteiger partial charge in [0.25, 0.3) is 0 Å². The third-order valence-corrected chi connectivity index (χ3v) is 4.14. The second kappa shape index (κ2) is 9.45. The maximum atomic E-state index is 9.32. The van der Waals surface area contributed by atoms with Gasteiger partial charge >= 0.3 is 16.5 Å². The van der Waals surface area contributed by atoms with E-state index in [1.807, 2.05) is 12.1 Å². The molecule has 0 aliphatic rings. The van der Waals surface area contributed by atoms with Crippen molar-refractivity contribution >= 4 is 37.5 Å². The van der Waals surface area contributed by atoms with E-state index in [1.54, 1.807) is 12.4 Å². The first kappa shape index (κ1) is 23.8. The summed E-state index contributed by atoms with van der Waals surface area (Å²) in [5.74, 6) is 0. The van der Waals surface area contributed by atoms with E-state index in [0.717, 1.165) is 21.8 Å². The summed E-state index contributed by atoms with van der Waals surface area (Å²) in [6.45, 7) is 0. The number of benzene rings is 1. The fraction of sp³-hybridized carbons (Fsp3) is 0. The van der Waals surface area contributed by atoms with Crippen molar-refractivity contribution in [2.75, 3.05) is 0 Å². The average molecular weight is 431 g/mol. The van der Waals surface area contributed by atoms with Crippen LogP contribution in [-0.2, 0) is 29.9 Å². The van der Waals surface area contributed by atoms with Crippen molar-refractivity contribution < 1.29 is 55.0 Å². The van der Waals surface area contributed by atoms with Crippen LogP contribution in [0.4, 0.5) is 0 Å². The van der Waals surface area contributed by atoms with Gasteiger partial charge in [-0.3, -0.25) is 9.97 Å². The smallest absolute Gasteiger partial charge is 0.790 e. The molecule has 0 aliphatic carbocycles. The number of pyridine rings is 2. The van der Waals surface area contributed by atoms with Crippen LogP contribution in [0.3, 0.4) is 0 Å². The Morgan fingerprint density at radius 1 is 0.760 bits per heavy atom. The van der Waals surface area contributed by atoms with E-state index in [1.165, 1.54) is 0 Å². The number of rotatable bonds is 2. The topological polar surface area (TPSA) is 193 Å². The molecule has 2 N–H and O–H groups in total. The normalized spacial score (nSPS) is 11.0. The monoisotopic (exact) mass is 430 g/mol. The molecule has 0 atom stereocenters. The van der Waals surface area contributed by atoms with Gasteiger partial charge in [0.15, 0.2) is 0 Å². The molecule has 0 aliphatic heterocycles. The van der Waals surface area contributed by atoms with Gasteiger partial charge in [0.05, 0.1) is 26.7 Å². The van der Waals surface area contributed by atoms with E-state index in [9.17, 15) is 28.7 Å². The quantitative estimate of drug-likeness (QED) is 0.267. The van der Waals surface area contributed by atoms with Crippen molar-refractivity contribution in [2.24, 2.45) is 0 Å². The van der Waals surface area contributed by atoms with Crippen LogP contribution in [0.25, 0.3) is 21.8 Å². The minimum absolute atomic E-state index is 0. The van der Waals surface area contributed by atoms with Crippen LogP contribution in [0, 0.1) is 0 Å². The Labute approximate surface area is 151 Å². The molecule has 138 valence electrons. The predicted molar refractivity (Wildman–Crippen MR) is 77.0 cm³/mol. The van der Waals surface area contributed by atoms with Crippen LogP contribution in [0.5, 0.6) is 0 Å². The number of nitrogens with zero attached hydrogens (tertiary/aromatic N) is 2. The molecule has 0 amide bonds. The second-order valence-corrected chi connectivity index (χ2v) is 6.63. The molecule has 3 rings (SSSR count). The number of aromatic nitrogens is 2. The molecule has 0 fully saturated rings. The zero-order chi connectivity index (χ0) is 17.1. The maximum absolute atomic E-state index is 9.32. The molecular formula is C12H10N2NiO8P2-2. The summed E-state index contributed by atoms with van der Waals surface area (Å²) in [5, 5.41) is 2.28. The molecule has 0 saturated carbocycles. The number of hydrogen-bond donors (Lipinski definition) is 0. The van der Waals surface area contributed by atoms with Gasteiger partial charge in [0, 0.05) is 23.2 Å². The molecule has 0 bridgehead atoms. The van der Waals surface area contributed by atoms with Gasteiger partial charge in [-0.25, -0.2) is 0 Å². The zero-order valence-electron chi connectivity index (χ0n) is 12.1. The van der Waals surface area contributed by atoms with Gasteiger partial charge in [-0.05, 0) is 12.1 Å². The Morgan fingerprint density at radius 3 is 1.40 bits per heavy atom. The summed E-state index contributed by atoms with van der Waals surface area (Å²) in [6.07, 6.45) is 3.60. The van der Waals surface area contributed by atoms with Crippen molar-refractivity contribution in [3.63, 3.8) is 0 Å². The molecule has 3 aromatic rings. The van der Waals surface area contributed by atoms with E-state index in [4.69, 9.17) is 0 Å². The van der Waals surface area contributed by atoms with Crippen LogP contribution in [0.2, 0.25) is 0 Å². The Balaban J connectivity index is 0.000000469. The summed E-state index contributed by atoms with van der Waals surface area (Å²) in [5.41, 5.74) is 1.95. The van der Waals surface area contributed by atoms with Crippen LogP contribution in [0.1, 0.15) is 0 Å². The van der Waals surface area contributed by atoms with E-state index in [0.29, 0.717) is 0 Å². The van der Waals surface area contributed by atoms with Gasteiger partial charge in [-0.2, -0.15) is 0 Å². The Morgan fingerprint density at radius 2 is 1.12 bits per heavy atom. The third-order valence-electron chi connectivity index (χ3n) is 2.54. The molecule has 13 heteroatoms. The first-order valence-electron chi connectivity index (χ1n) is 6.00. The van der Waals surface area contributed by atoms with Gasteiger partial charge in [-0.15, -0.1) is 0 Å². The van der Waals surface area contributed by atoms with Crippen molar-refractivity contribution in [3.8, 4) is 0 Å². The molecule has 1 aromatic carbocycles. The molecule has 0 radical (unpaired) electrons. The van der Waals surface area contributed by atoms with Crippen LogP contribution >= 0.6 is 15.6 Å². The summed E-state index contributed by atoms with van der Waals surface area (Å²) in [6, 6.07) is 12.1. The Bertz CT molecular complexity index is 854. The fourth-order valence-electron chi connectivity index (χ4n) is 1.80.